The van der Waals surface area contributed by atoms with Gasteiger partial charge in [0.25, 0.3) is 0 Å². The SMILES string of the molecule is CC(C)(CNCc1cc(Br)cs1)C(N)=O. The number of carbonyl (C=O) groups excluding carboxylic acids is 1. The Morgan fingerprint density at radius 2 is 2.33 bits per heavy atom. The highest BCUT2D eigenvalue weighted by molar-refractivity contribution is 9.10. The molecule has 0 aliphatic rings. The van der Waals surface area contributed by atoms with Gasteiger partial charge in [0.05, 0.1) is 5.41 Å². The van der Waals surface area contributed by atoms with Crippen LogP contribution in [0, 0.1) is 5.41 Å². The van der Waals surface area contributed by atoms with E-state index >= 15 is 0 Å². The molecule has 1 aromatic rings. The van der Waals surface area contributed by atoms with Crippen LogP contribution in [0.25, 0.3) is 0 Å². The first-order valence-electron chi connectivity index (χ1n) is 4.65. The van der Waals surface area contributed by atoms with Gasteiger partial charge in [0.15, 0.2) is 0 Å². The number of halogens is 1. The molecule has 0 bridgehead atoms. The highest BCUT2D eigenvalue weighted by atomic mass is 79.9. The lowest BCUT2D eigenvalue weighted by atomic mass is 9.93. The van der Waals surface area contributed by atoms with Gasteiger partial charge in [-0.3, -0.25) is 4.79 Å². The third kappa shape index (κ3) is 3.93. The van der Waals surface area contributed by atoms with Crippen LogP contribution in [0.15, 0.2) is 15.9 Å². The molecule has 0 saturated heterocycles. The van der Waals surface area contributed by atoms with E-state index in [1.54, 1.807) is 11.3 Å². The van der Waals surface area contributed by atoms with Crippen LogP contribution in [-0.2, 0) is 11.3 Å². The van der Waals surface area contributed by atoms with Crippen molar-refractivity contribution >= 4 is 33.2 Å². The van der Waals surface area contributed by atoms with E-state index in [2.05, 4.69) is 27.3 Å². The Bertz CT molecular complexity index is 349. The summed E-state index contributed by atoms with van der Waals surface area (Å²) < 4.78 is 1.10. The average Bonchev–Trinajstić information content (AvgIpc) is 2.51. The first-order valence-corrected chi connectivity index (χ1v) is 6.32. The standard InChI is InChI=1S/C10H15BrN2OS/c1-10(2,9(12)14)6-13-4-8-3-7(11)5-15-8/h3,5,13H,4,6H2,1-2H3,(H2,12,14). The lowest BCUT2D eigenvalue weighted by Gasteiger charge is -2.20. The van der Waals surface area contributed by atoms with Crippen molar-refractivity contribution in [3.63, 3.8) is 0 Å². The van der Waals surface area contributed by atoms with Crippen molar-refractivity contribution in [2.75, 3.05) is 6.54 Å². The van der Waals surface area contributed by atoms with Gasteiger partial charge in [-0.25, -0.2) is 0 Å². The summed E-state index contributed by atoms with van der Waals surface area (Å²) in [5, 5.41) is 5.26. The van der Waals surface area contributed by atoms with Crippen LogP contribution in [0.2, 0.25) is 0 Å². The molecule has 15 heavy (non-hydrogen) atoms. The molecule has 1 aromatic heterocycles. The average molecular weight is 291 g/mol. The number of hydrogen-bond donors (Lipinski definition) is 2. The van der Waals surface area contributed by atoms with E-state index in [0.717, 1.165) is 11.0 Å². The molecular formula is C10H15BrN2OS. The third-order valence-corrected chi connectivity index (χ3v) is 3.85. The van der Waals surface area contributed by atoms with Crippen molar-refractivity contribution in [1.29, 1.82) is 0 Å². The topological polar surface area (TPSA) is 55.1 Å². The van der Waals surface area contributed by atoms with Crippen molar-refractivity contribution < 1.29 is 4.79 Å². The summed E-state index contributed by atoms with van der Waals surface area (Å²) in [5.41, 5.74) is 4.78. The maximum atomic E-state index is 11.0. The van der Waals surface area contributed by atoms with Crippen molar-refractivity contribution in [2.45, 2.75) is 20.4 Å². The maximum Gasteiger partial charge on any atom is 0.224 e. The van der Waals surface area contributed by atoms with Crippen molar-refractivity contribution in [3.05, 3.63) is 20.8 Å². The van der Waals surface area contributed by atoms with Crippen LogP contribution in [0.4, 0.5) is 0 Å². The van der Waals surface area contributed by atoms with E-state index in [1.807, 2.05) is 19.2 Å². The van der Waals surface area contributed by atoms with Gasteiger partial charge in [0.2, 0.25) is 5.91 Å². The number of nitrogens with two attached hydrogens (primary N) is 1. The predicted octanol–water partition coefficient (Wildman–Crippen LogP) is 2.11. The Kier molecular flexibility index (Phi) is 4.31. The van der Waals surface area contributed by atoms with E-state index in [0.29, 0.717) is 6.54 Å². The fourth-order valence-corrected chi connectivity index (χ4v) is 2.45. The fraction of sp³-hybridized carbons (Fsp3) is 0.500. The monoisotopic (exact) mass is 290 g/mol. The third-order valence-electron chi connectivity index (χ3n) is 2.15. The Hall–Kier alpha value is -0.390. The zero-order valence-electron chi connectivity index (χ0n) is 8.84. The zero-order chi connectivity index (χ0) is 11.5. The molecule has 0 saturated carbocycles. The second-order valence-electron chi connectivity index (χ2n) is 4.08. The van der Waals surface area contributed by atoms with Crippen LogP contribution in [-0.4, -0.2) is 12.5 Å². The zero-order valence-corrected chi connectivity index (χ0v) is 11.2. The Morgan fingerprint density at radius 3 is 2.80 bits per heavy atom. The molecule has 0 atom stereocenters. The van der Waals surface area contributed by atoms with Crippen LogP contribution in [0.3, 0.4) is 0 Å². The number of nitrogens with one attached hydrogen (secondary N) is 1. The summed E-state index contributed by atoms with van der Waals surface area (Å²) in [5.74, 6) is -0.276. The fourth-order valence-electron chi connectivity index (χ4n) is 1.03. The van der Waals surface area contributed by atoms with Crippen molar-refractivity contribution in [1.82, 2.24) is 5.32 Å². The van der Waals surface area contributed by atoms with E-state index in [9.17, 15) is 4.79 Å². The maximum absolute atomic E-state index is 11.0. The molecule has 1 rings (SSSR count). The van der Waals surface area contributed by atoms with Gasteiger partial charge in [0, 0.05) is 27.8 Å². The second-order valence-corrected chi connectivity index (χ2v) is 5.99. The second kappa shape index (κ2) is 5.09. The summed E-state index contributed by atoms with van der Waals surface area (Å²) >= 11 is 5.08. The van der Waals surface area contributed by atoms with Gasteiger partial charge in [-0.15, -0.1) is 11.3 Å². The number of hydrogen-bond acceptors (Lipinski definition) is 3. The van der Waals surface area contributed by atoms with E-state index in [-0.39, 0.29) is 5.91 Å². The molecule has 0 spiro atoms. The first-order chi connectivity index (χ1) is 6.92. The highest BCUT2D eigenvalue weighted by Gasteiger charge is 2.23. The number of carbonyl (C=O) groups is 1. The molecule has 0 aliphatic heterocycles. The van der Waals surface area contributed by atoms with E-state index < -0.39 is 5.41 Å². The largest absolute Gasteiger partial charge is 0.369 e. The molecule has 1 amide bonds. The van der Waals surface area contributed by atoms with Crippen molar-refractivity contribution in [2.24, 2.45) is 11.1 Å². The summed E-state index contributed by atoms with van der Waals surface area (Å²) in [6.45, 7) is 5.05. The van der Waals surface area contributed by atoms with Crippen LogP contribution in [0.5, 0.6) is 0 Å². The van der Waals surface area contributed by atoms with Gasteiger partial charge in [-0.2, -0.15) is 0 Å². The minimum atomic E-state index is -0.492. The van der Waals surface area contributed by atoms with Gasteiger partial charge < -0.3 is 11.1 Å². The summed E-state index contributed by atoms with van der Waals surface area (Å²) in [6, 6.07) is 2.06. The number of amides is 1. The lowest BCUT2D eigenvalue weighted by molar-refractivity contribution is -0.125. The number of thiophene rings is 1. The van der Waals surface area contributed by atoms with E-state index in [4.69, 9.17) is 5.73 Å². The van der Waals surface area contributed by atoms with Gasteiger partial charge in [-0.1, -0.05) is 0 Å². The minimum Gasteiger partial charge on any atom is -0.369 e. The molecule has 0 radical (unpaired) electrons. The van der Waals surface area contributed by atoms with Crippen LogP contribution >= 0.6 is 27.3 Å². The molecule has 0 aromatic carbocycles. The van der Waals surface area contributed by atoms with Crippen molar-refractivity contribution in [3.8, 4) is 0 Å². The van der Waals surface area contributed by atoms with Crippen LogP contribution < -0.4 is 11.1 Å². The Balaban J connectivity index is 2.36. The number of primary amides is 1. The highest BCUT2D eigenvalue weighted by Crippen LogP contribution is 2.20. The van der Waals surface area contributed by atoms with Crippen LogP contribution in [0.1, 0.15) is 18.7 Å². The normalized spacial score (nSPS) is 11.7. The molecule has 0 unspecified atom stereocenters. The van der Waals surface area contributed by atoms with E-state index in [1.165, 1.54) is 4.88 Å². The summed E-state index contributed by atoms with van der Waals surface area (Å²) in [7, 11) is 0. The molecule has 3 N–H and O–H groups in total. The molecule has 3 nitrogen and oxygen atoms in total. The molecule has 0 aliphatic carbocycles. The molecule has 84 valence electrons. The molecular weight excluding hydrogens is 276 g/mol. The number of rotatable bonds is 5. The summed E-state index contributed by atoms with van der Waals surface area (Å²) in [4.78, 5) is 12.3. The van der Waals surface area contributed by atoms with Gasteiger partial charge >= 0.3 is 0 Å². The minimum absolute atomic E-state index is 0.276. The van der Waals surface area contributed by atoms with Gasteiger partial charge in [-0.05, 0) is 35.8 Å². The lowest BCUT2D eigenvalue weighted by Crippen LogP contribution is -2.40. The quantitative estimate of drug-likeness (QED) is 0.873. The molecule has 0 fully saturated rings. The summed E-state index contributed by atoms with van der Waals surface area (Å²) in [6.07, 6.45) is 0. The Labute approximate surface area is 102 Å². The predicted molar refractivity (Wildman–Crippen MR) is 66.7 cm³/mol. The molecule has 1 heterocycles. The van der Waals surface area contributed by atoms with Gasteiger partial charge in [0.1, 0.15) is 0 Å². The molecule has 5 heteroatoms. The first kappa shape index (κ1) is 12.7. The smallest absolute Gasteiger partial charge is 0.224 e. The Morgan fingerprint density at radius 1 is 1.67 bits per heavy atom.